The van der Waals surface area contributed by atoms with Gasteiger partial charge in [-0.2, -0.15) is 0 Å². The Morgan fingerprint density at radius 1 is 1.21 bits per heavy atom. The molecule has 3 nitrogen and oxygen atoms in total. The molecule has 0 saturated heterocycles. The third-order valence-electron chi connectivity index (χ3n) is 2.56. The fourth-order valence-corrected chi connectivity index (χ4v) is 2.99. The van der Waals surface area contributed by atoms with Crippen LogP contribution in [0.2, 0.25) is 8.67 Å². The molecular formula is C13H11Cl2NO2S. The van der Waals surface area contributed by atoms with Crippen LogP contribution >= 0.6 is 34.5 Å². The number of aliphatic hydroxyl groups excluding tert-OH is 1. The van der Waals surface area contributed by atoms with Crippen LogP contribution in [0.3, 0.4) is 0 Å². The maximum atomic E-state index is 11.9. The maximum Gasteiger partial charge on any atom is 0.253 e. The van der Waals surface area contributed by atoms with Crippen molar-refractivity contribution in [1.82, 2.24) is 5.32 Å². The molecule has 0 radical (unpaired) electrons. The van der Waals surface area contributed by atoms with Gasteiger partial charge in [0.05, 0.1) is 16.5 Å². The highest BCUT2D eigenvalue weighted by molar-refractivity contribution is 7.20. The largest absolute Gasteiger partial charge is 0.392 e. The van der Waals surface area contributed by atoms with Crippen LogP contribution in [0.25, 0.3) is 0 Å². The van der Waals surface area contributed by atoms with Gasteiger partial charge in [0.2, 0.25) is 0 Å². The molecule has 0 fully saturated rings. The summed E-state index contributed by atoms with van der Waals surface area (Å²) in [4.78, 5) is 11.9. The Morgan fingerprint density at radius 2 is 1.84 bits per heavy atom. The van der Waals surface area contributed by atoms with E-state index in [0.29, 0.717) is 20.8 Å². The molecule has 6 heteroatoms. The minimum Gasteiger partial charge on any atom is -0.392 e. The number of hydrogen-bond donors (Lipinski definition) is 2. The Bertz CT molecular complexity index is 581. The van der Waals surface area contributed by atoms with Crippen LogP contribution in [0.1, 0.15) is 21.5 Å². The second kappa shape index (κ2) is 6.39. The minimum absolute atomic E-state index is 0.00957. The molecular weight excluding hydrogens is 305 g/mol. The van der Waals surface area contributed by atoms with Crippen LogP contribution in [0.15, 0.2) is 30.3 Å². The number of hydrogen-bond acceptors (Lipinski definition) is 3. The van der Waals surface area contributed by atoms with Gasteiger partial charge < -0.3 is 10.4 Å². The highest BCUT2D eigenvalue weighted by Crippen LogP contribution is 2.30. The van der Waals surface area contributed by atoms with Gasteiger partial charge in [0.15, 0.2) is 0 Å². The van der Waals surface area contributed by atoms with Gasteiger partial charge in [-0.25, -0.2) is 0 Å². The lowest BCUT2D eigenvalue weighted by atomic mass is 10.1. The lowest BCUT2D eigenvalue weighted by Crippen LogP contribution is -2.22. The summed E-state index contributed by atoms with van der Waals surface area (Å²) in [5.74, 6) is -0.251. The number of aliphatic hydroxyl groups is 1. The zero-order chi connectivity index (χ0) is 13.8. The number of benzene rings is 1. The van der Waals surface area contributed by atoms with E-state index in [0.717, 1.165) is 11.1 Å². The predicted octanol–water partition coefficient (Wildman–Crippen LogP) is 3.48. The van der Waals surface area contributed by atoms with Gasteiger partial charge in [-0.1, -0.05) is 47.5 Å². The van der Waals surface area contributed by atoms with E-state index in [9.17, 15) is 4.79 Å². The number of nitrogens with one attached hydrogen (secondary N) is 1. The average molecular weight is 316 g/mol. The van der Waals surface area contributed by atoms with E-state index in [2.05, 4.69) is 5.32 Å². The van der Waals surface area contributed by atoms with Crippen molar-refractivity contribution >= 4 is 40.4 Å². The van der Waals surface area contributed by atoms with E-state index in [4.69, 9.17) is 28.3 Å². The molecule has 0 atom stereocenters. The number of amides is 1. The number of thiophene rings is 1. The predicted molar refractivity (Wildman–Crippen MR) is 77.9 cm³/mol. The van der Waals surface area contributed by atoms with E-state index in [1.165, 1.54) is 11.3 Å². The van der Waals surface area contributed by atoms with Crippen molar-refractivity contribution in [2.45, 2.75) is 13.2 Å². The standard InChI is InChI=1S/C13H11Cl2NO2S/c14-11-5-10(12(15)19-11)13(18)16-6-8-1-3-9(7-17)4-2-8/h1-5,17H,6-7H2,(H,16,18). The van der Waals surface area contributed by atoms with Gasteiger partial charge in [-0.05, 0) is 17.2 Å². The molecule has 1 heterocycles. The SMILES string of the molecule is O=C(NCc1ccc(CO)cc1)c1cc(Cl)sc1Cl. The van der Waals surface area contributed by atoms with Crippen LogP contribution in [-0.4, -0.2) is 11.0 Å². The molecule has 0 aliphatic carbocycles. The first-order valence-electron chi connectivity index (χ1n) is 5.52. The van der Waals surface area contributed by atoms with E-state index >= 15 is 0 Å². The second-order valence-electron chi connectivity index (χ2n) is 3.90. The van der Waals surface area contributed by atoms with Crippen LogP contribution in [-0.2, 0) is 13.2 Å². The van der Waals surface area contributed by atoms with Crippen LogP contribution in [0.5, 0.6) is 0 Å². The lowest BCUT2D eigenvalue weighted by molar-refractivity contribution is 0.0951. The molecule has 1 amide bonds. The van der Waals surface area contributed by atoms with Gasteiger partial charge in [0.25, 0.3) is 5.91 Å². The van der Waals surface area contributed by atoms with Gasteiger partial charge in [-0.3, -0.25) is 4.79 Å². The van der Waals surface area contributed by atoms with Crippen molar-refractivity contribution in [3.63, 3.8) is 0 Å². The Kier molecular flexibility index (Phi) is 4.82. The van der Waals surface area contributed by atoms with Crippen molar-refractivity contribution in [3.8, 4) is 0 Å². The summed E-state index contributed by atoms with van der Waals surface area (Å²) in [5, 5.41) is 11.7. The zero-order valence-corrected chi connectivity index (χ0v) is 12.1. The summed E-state index contributed by atoms with van der Waals surface area (Å²) in [5.41, 5.74) is 2.18. The number of carbonyl (C=O) groups is 1. The summed E-state index contributed by atoms with van der Waals surface area (Å²) < 4.78 is 0.876. The smallest absolute Gasteiger partial charge is 0.253 e. The van der Waals surface area contributed by atoms with E-state index in [-0.39, 0.29) is 12.5 Å². The summed E-state index contributed by atoms with van der Waals surface area (Å²) in [6, 6.07) is 8.90. The monoisotopic (exact) mass is 315 g/mol. The fraction of sp³-hybridized carbons (Fsp3) is 0.154. The summed E-state index contributed by atoms with van der Waals surface area (Å²) in [7, 11) is 0. The van der Waals surface area contributed by atoms with Crippen molar-refractivity contribution in [2.75, 3.05) is 0 Å². The van der Waals surface area contributed by atoms with Gasteiger partial charge >= 0.3 is 0 Å². The summed E-state index contributed by atoms with van der Waals surface area (Å²) in [6.45, 7) is 0.407. The number of rotatable bonds is 4. The molecule has 0 spiro atoms. The molecule has 2 N–H and O–H groups in total. The van der Waals surface area contributed by atoms with E-state index in [1.54, 1.807) is 6.07 Å². The van der Waals surface area contributed by atoms with Gasteiger partial charge in [0, 0.05) is 6.54 Å². The first kappa shape index (κ1) is 14.3. The second-order valence-corrected chi connectivity index (χ2v) is 6.18. The van der Waals surface area contributed by atoms with Crippen LogP contribution in [0.4, 0.5) is 0 Å². The van der Waals surface area contributed by atoms with Crippen LogP contribution in [0, 0.1) is 0 Å². The lowest BCUT2D eigenvalue weighted by Gasteiger charge is -2.05. The average Bonchev–Trinajstić information content (AvgIpc) is 2.75. The first-order valence-corrected chi connectivity index (χ1v) is 7.09. The Balaban J connectivity index is 1.98. The number of halogens is 2. The fourth-order valence-electron chi connectivity index (χ4n) is 1.54. The summed E-state index contributed by atoms with van der Waals surface area (Å²) >= 11 is 12.9. The van der Waals surface area contributed by atoms with Gasteiger partial charge in [0.1, 0.15) is 4.34 Å². The van der Waals surface area contributed by atoms with Crippen LogP contribution < -0.4 is 5.32 Å². The molecule has 2 aromatic rings. The third kappa shape index (κ3) is 3.70. The highest BCUT2D eigenvalue weighted by Gasteiger charge is 2.13. The van der Waals surface area contributed by atoms with Crippen molar-refractivity contribution in [2.24, 2.45) is 0 Å². The Hall–Kier alpha value is -1.07. The molecule has 0 bridgehead atoms. The molecule has 100 valence electrons. The normalized spacial score (nSPS) is 10.5. The zero-order valence-electron chi connectivity index (χ0n) is 9.82. The first-order chi connectivity index (χ1) is 9.10. The Morgan fingerprint density at radius 3 is 2.37 bits per heavy atom. The topological polar surface area (TPSA) is 49.3 Å². The Labute approximate surface area is 124 Å². The molecule has 0 saturated carbocycles. The van der Waals surface area contributed by atoms with Crippen molar-refractivity contribution < 1.29 is 9.90 Å². The summed E-state index contributed by atoms with van der Waals surface area (Å²) in [6.07, 6.45) is 0. The molecule has 1 aromatic carbocycles. The minimum atomic E-state index is -0.251. The number of carbonyl (C=O) groups excluding carboxylic acids is 1. The van der Waals surface area contributed by atoms with E-state index in [1.807, 2.05) is 24.3 Å². The van der Waals surface area contributed by atoms with E-state index < -0.39 is 0 Å². The van der Waals surface area contributed by atoms with Gasteiger partial charge in [-0.15, -0.1) is 11.3 Å². The molecule has 2 rings (SSSR count). The molecule has 0 aliphatic rings. The quantitative estimate of drug-likeness (QED) is 0.907. The molecule has 0 aliphatic heterocycles. The van der Waals surface area contributed by atoms with Crippen molar-refractivity contribution in [1.29, 1.82) is 0 Å². The molecule has 0 unspecified atom stereocenters. The highest BCUT2D eigenvalue weighted by atomic mass is 35.5. The van der Waals surface area contributed by atoms with Crippen molar-refractivity contribution in [3.05, 3.63) is 55.7 Å². The molecule has 19 heavy (non-hydrogen) atoms. The molecule has 1 aromatic heterocycles. The third-order valence-corrected chi connectivity index (χ3v) is 4.05. The maximum absolute atomic E-state index is 11.9.